The Balaban J connectivity index is 2.07. The predicted molar refractivity (Wildman–Crippen MR) is 84.8 cm³/mol. The molecule has 0 fully saturated rings. The van der Waals surface area contributed by atoms with E-state index < -0.39 is 0 Å². The third-order valence-corrected chi connectivity index (χ3v) is 4.52. The lowest BCUT2D eigenvalue weighted by Crippen LogP contribution is -1.97. The molecule has 0 spiro atoms. The van der Waals surface area contributed by atoms with Crippen LogP contribution >= 0.6 is 23.1 Å². The van der Waals surface area contributed by atoms with Crippen LogP contribution in [0.25, 0.3) is 10.2 Å². The fraction of sp³-hybridized carbons (Fsp3) is 0.214. The van der Waals surface area contributed by atoms with Gasteiger partial charge in [0.15, 0.2) is 0 Å². The number of hydrogen-bond donors (Lipinski definition) is 1. The van der Waals surface area contributed by atoms with Gasteiger partial charge in [-0.25, -0.2) is 15.0 Å². The SMILES string of the molecule is CNc1nc(Sc2cc(C)cc(C)n2)c2ccsc2n1. The van der Waals surface area contributed by atoms with Crippen molar-refractivity contribution < 1.29 is 0 Å². The molecule has 3 aromatic heterocycles. The fourth-order valence-corrected chi connectivity index (χ4v) is 3.84. The molecular weight excluding hydrogens is 288 g/mol. The molecule has 1 N–H and O–H groups in total. The van der Waals surface area contributed by atoms with Crippen LogP contribution in [-0.2, 0) is 0 Å². The van der Waals surface area contributed by atoms with Crippen molar-refractivity contribution in [1.29, 1.82) is 0 Å². The van der Waals surface area contributed by atoms with E-state index in [1.807, 2.05) is 19.4 Å². The number of rotatable bonds is 3. The summed E-state index contributed by atoms with van der Waals surface area (Å²) in [6.45, 7) is 4.09. The highest BCUT2D eigenvalue weighted by molar-refractivity contribution is 7.99. The molecule has 0 aliphatic heterocycles. The Morgan fingerprint density at radius 3 is 2.75 bits per heavy atom. The van der Waals surface area contributed by atoms with Crippen molar-refractivity contribution in [2.45, 2.75) is 23.9 Å². The summed E-state index contributed by atoms with van der Waals surface area (Å²) in [6.07, 6.45) is 0. The third-order valence-electron chi connectivity index (χ3n) is 2.79. The van der Waals surface area contributed by atoms with Crippen molar-refractivity contribution in [3.63, 3.8) is 0 Å². The zero-order valence-corrected chi connectivity index (χ0v) is 13.1. The van der Waals surface area contributed by atoms with E-state index in [1.54, 1.807) is 23.1 Å². The van der Waals surface area contributed by atoms with Gasteiger partial charge in [-0.15, -0.1) is 11.3 Å². The normalized spacial score (nSPS) is 10.9. The maximum Gasteiger partial charge on any atom is 0.224 e. The first-order chi connectivity index (χ1) is 9.65. The van der Waals surface area contributed by atoms with E-state index in [0.717, 1.165) is 26.0 Å². The molecule has 0 saturated heterocycles. The lowest BCUT2D eigenvalue weighted by atomic mass is 10.3. The molecule has 0 bridgehead atoms. The van der Waals surface area contributed by atoms with Gasteiger partial charge in [-0.2, -0.15) is 0 Å². The number of pyridine rings is 1. The summed E-state index contributed by atoms with van der Waals surface area (Å²) in [5.41, 5.74) is 2.24. The van der Waals surface area contributed by atoms with Crippen molar-refractivity contribution in [3.8, 4) is 0 Å². The lowest BCUT2D eigenvalue weighted by molar-refractivity contribution is 1.03. The van der Waals surface area contributed by atoms with E-state index in [4.69, 9.17) is 0 Å². The van der Waals surface area contributed by atoms with Crippen LogP contribution in [0.4, 0.5) is 5.95 Å². The van der Waals surface area contributed by atoms with E-state index in [-0.39, 0.29) is 0 Å². The van der Waals surface area contributed by atoms with Crippen molar-refractivity contribution in [2.75, 3.05) is 12.4 Å². The minimum Gasteiger partial charge on any atom is -0.357 e. The van der Waals surface area contributed by atoms with Gasteiger partial charge in [0.2, 0.25) is 5.95 Å². The summed E-state index contributed by atoms with van der Waals surface area (Å²) < 4.78 is 0. The molecule has 0 saturated carbocycles. The van der Waals surface area contributed by atoms with Crippen LogP contribution in [-0.4, -0.2) is 22.0 Å². The smallest absolute Gasteiger partial charge is 0.224 e. The zero-order valence-electron chi connectivity index (χ0n) is 11.5. The number of fused-ring (bicyclic) bond motifs is 1. The minimum absolute atomic E-state index is 0.645. The predicted octanol–water partition coefficient (Wildman–Crippen LogP) is 3.90. The molecule has 0 amide bonds. The first-order valence-electron chi connectivity index (χ1n) is 6.22. The fourth-order valence-electron chi connectivity index (χ4n) is 1.97. The molecule has 102 valence electrons. The van der Waals surface area contributed by atoms with Crippen molar-refractivity contribution in [3.05, 3.63) is 34.8 Å². The van der Waals surface area contributed by atoms with Gasteiger partial charge in [0.05, 0.1) is 0 Å². The largest absolute Gasteiger partial charge is 0.357 e. The molecule has 20 heavy (non-hydrogen) atoms. The number of thiophene rings is 1. The second-order valence-electron chi connectivity index (χ2n) is 4.47. The van der Waals surface area contributed by atoms with Gasteiger partial charge < -0.3 is 5.32 Å². The Morgan fingerprint density at radius 1 is 1.15 bits per heavy atom. The van der Waals surface area contributed by atoms with Gasteiger partial charge in [0.25, 0.3) is 0 Å². The highest BCUT2D eigenvalue weighted by Crippen LogP contribution is 2.33. The number of nitrogens with one attached hydrogen (secondary N) is 1. The summed E-state index contributed by atoms with van der Waals surface area (Å²) in [7, 11) is 1.83. The molecule has 3 aromatic rings. The van der Waals surface area contributed by atoms with Crippen LogP contribution < -0.4 is 5.32 Å². The van der Waals surface area contributed by atoms with E-state index in [2.05, 4.69) is 45.4 Å². The highest BCUT2D eigenvalue weighted by Gasteiger charge is 2.11. The number of aryl methyl sites for hydroxylation is 2. The zero-order chi connectivity index (χ0) is 14.1. The molecule has 0 radical (unpaired) electrons. The average Bonchev–Trinajstić information content (AvgIpc) is 2.85. The first-order valence-corrected chi connectivity index (χ1v) is 7.91. The van der Waals surface area contributed by atoms with Crippen LogP contribution in [0.2, 0.25) is 0 Å². The monoisotopic (exact) mass is 302 g/mol. The Kier molecular flexibility index (Phi) is 3.58. The number of aromatic nitrogens is 3. The third kappa shape index (κ3) is 2.62. The maximum atomic E-state index is 4.56. The quantitative estimate of drug-likeness (QED) is 0.744. The summed E-state index contributed by atoms with van der Waals surface area (Å²) >= 11 is 3.21. The standard InChI is InChI=1S/C14H14N4S2/c1-8-6-9(2)16-11(7-8)20-13-10-4-5-19-12(10)17-14(15-3)18-13/h4-7H,1-3H3,(H,15,17,18). The van der Waals surface area contributed by atoms with Gasteiger partial charge in [-0.1, -0.05) is 0 Å². The minimum atomic E-state index is 0.645. The van der Waals surface area contributed by atoms with E-state index in [0.29, 0.717) is 5.95 Å². The van der Waals surface area contributed by atoms with Crippen LogP contribution in [0.15, 0.2) is 33.6 Å². The summed E-state index contributed by atoms with van der Waals surface area (Å²) in [6, 6.07) is 6.21. The molecule has 3 rings (SSSR count). The average molecular weight is 302 g/mol. The molecule has 4 nitrogen and oxygen atoms in total. The Labute approximate surface area is 125 Å². The lowest BCUT2D eigenvalue weighted by Gasteiger charge is -2.06. The first kappa shape index (κ1) is 13.3. The van der Waals surface area contributed by atoms with Gasteiger partial charge in [0, 0.05) is 18.1 Å². The second kappa shape index (κ2) is 5.38. The molecule has 0 unspecified atom stereocenters. The van der Waals surface area contributed by atoms with Gasteiger partial charge >= 0.3 is 0 Å². The van der Waals surface area contributed by atoms with E-state index in [9.17, 15) is 0 Å². The van der Waals surface area contributed by atoms with Crippen LogP contribution in [0.5, 0.6) is 0 Å². The topological polar surface area (TPSA) is 50.7 Å². The molecule has 0 atom stereocenters. The summed E-state index contributed by atoms with van der Waals surface area (Å²) in [5, 5.41) is 8.04. The summed E-state index contributed by atoms with van der Waals surface area (Å²) in [5.74, 6) is 0.645. The molecule has 0 aliphatic carbocycles. The van der Waals surface area contributed by atoms with Crippen molar-refractivity contribution in [2.24, 2.45) is 0 Å². The summed E-state index contributed by atoms with van der Waals surface area (Å²) in [4.78, 5) is 14.6. The van der Waals surface area contributed by atoms with Crippen molar-refractivity contribution >= 4 is 39.3 Å². The Hall–Kier alpha value is -1.66. The number of nitrogens with zero attached hydrogens (tertiary/aromatic N) is 3. The molecule has 0 aromatic carbocycles. The Bertz CT molecular complexity index is 747. The van der Waals surface area contributed by atoms with Gasteiger partial charge in [0.1, 0.15) is 14.9 Å². The van der Waals surface area contributed by atoms with E-state index >= 15 is 0 Å². The maximum absolute atomic E-state index is 4.56. The van der Waals surface area contributed by atoms with E-state index in [1.165, 1.54) is 5.56 Å². The van der Waals surface area contributed by atoms with Crippen LogP contribution in [0.1, 0.15) is 11.3 Å². The number of anilines is 1. The second-order valence-corrected chi connectivity index (χ2v) is 6.37. The number of hydrogen-bond acceptors (Lipinski definition) is 6. The highest BCUT2D eigenvalue weighted by atomic mass is 32.2. The Morgan fingerprint density at radius 2 is 2.00 bits per heavy atom. The molecule has 0 aliphatic rings. The molecular formula is C14H14N4S2. The van der Waals surface area contributed by atoms with Gasteiger partial charge in [-0.3, -0.25) is 0 Å². The van der Waals surface area contributed by atoms with Crippen LogP contribution in [0, 0.1) is 13.8 Å². The van der Waals surface area contributed by atoms with Gasteiger partial charge in [-0.05, 0) is 54.8 Å². The molecule has 6 heteroatoms. The van der Waals surface area contributed by atoms with Crippen LogP contribution in [0.3, 0.4) is 0 Å². The molecule has 3 heterocycles. The van der Waals surface area contributed by atoms with Crippen molar-refractivity contribution in [1.82, 2.24) is 15.0 Å².